The fourth-order valence-electron chi connectivity index (χ4n) is 4.10. The van der Waals surface area contributed by atoms with Gasteiger partial charge in [-0.3, -0.25) is 0 Å². The normalized spacial score (nSPS) is 21.0. The number of benzene rings is 2. The highest BCUT2D eigenvalue weighted by molar-refractivity contribution is 7.78. The third kappa shape index (κ3) is 2.42. The average Bonchev–Trinajstić information content (AvgIpc) is 3.37. The summed E-state index contributed by atoms with van der Waals surface area (Å²) >= 11 is 0. The third-order valence-electron chi connectivity index (χ3n) is 5.47. The van der Waals surface area contributed by atoms with Gasteiger partial charge in [0.15, 0.2) is 0 Å². The van der Waals surface area contributed by atoms with Gasteiger partial charge in [-0.25, -0.2) is 0 Å². The van der Waals surface area contributed by atoms with Crippen LogP contribution in [0, 0.1) is 19.8 Å². The lowest BCUT2D eigenvalue weighted by Gasteiger charge is -2.18. The van der Waals surface area contributed by atoms with E-state index in [1.54, 1.807) is 0 Å². The lowest BCUT2D eigenvalue weighted by molar-refractivity contribution is 0.522. The minimum Gasteiger partial charge on any atom is -0.460 e. The molecule has 3 aromatic rings. The Labute approximate surface area is 155 Å². The Morgan fingerprint density at radius 1 is 0.808 bits per heavy atom. The van der Waals surface area contributed by atoms with Crippen molar-refractivity contribution in [1.29, 1.82) is 0 Å². The van der Waals surface area contributed by atoms with E-state index in [0.717, 1.165) is 11.5 Å². The van der Waals surface area contributed by atoms with Gasteiger partial charge in [0.2, 0.25) is 0 Å². The SMILES string of the molecule is Cc1oc(C2=CC3C=C(c4ccccc4)P2C3)c(-c2ccccc2)c1C. The Bertz CT molecular complexity index is 1020. The second-order valence-electron chi connectivity index (χ2n) is 7.10. The lowest BCUT2D eigenvalue weighted by Crippen LogP contribution is -1.89. The first kappa shape index (κ1) is 15.9. The van der Waals surface area contributed by atoms with E-state index >= 15 is 0 Å². The fourth-order valence-corrected chi connectivity index (χ4v) is 6.99. The molecule has 0 spiro atoms. The molecule has 128 valence electrons. The Kier molecular flexibility index (Phi) is 3.72. The highest BCUT2D eigenvalue weighted by atomic mass is 31.1. The second-order valence-corrected chi connectivity index (χ2v) is 9.28. The van der Waals surface area contributed by atoms with Crippen LogP contribution in [0.5, 0.6) is 0 Å². The van der Waals surface area contributed by atoms with Gasteiger partial charge in [-0.15, -0.1) is 0 Å². The molecular weight excluding hydrogens is 335 g/mol. The summed E-state index contributed by atoms with van der Waals surface area (Å²) in [6.07, 6.45) is 6.15. The summed E-state index contributed by atoms with van der Waals surface area (Å²) in [6.45, 7) is 4.26. The molecule has 2 unspecified atom stereocenters. The third-order valence-corrected chi connectivity index (χ3v) is 8.18. The van der Waals surface area contributed by atoms with Crippen LogP contribution in [0.3, 0.4) is 0 Å². The molecule has 2 aliphatic heterocycles. The first-order valence-corrected chi connectivity index (χ1v) is 10.7. The van der Waals surface area contributed by atoms with Crippen LogP contribution < -0.4 is 0 Å². The Hall–Kier alpha value is -2.37. The summed E-state index contributed by atoms with van der Waals surface area (Å²) in [4.78, 5) is 0. The number of furan rings is 1. The molecule has 2 atom stereocenters. The number of hydrogen-bond acceptors (Lipinski definition) is 1. The van der Waals surface area contributed by atoms with Gasteiger partial charge < -0.3 is 4.42 Å². The maximum Gasteiger partial charge on any atom is 0.142 e. The summed E-state index contributed by atoms with van der Waals surface area (Å²) in [5.41, 5.74) is 5.16. The number of rotatable bonds is 3. The van der Waals surface area contributed by atoms with Crippen molar-refractivity contribution in [2.45, 2.75) is 13.8 Å². The number of allylic oxidation sites excluding steroid dienone is 2. The zero-order valence-corrected chi connectivity index (χ0v) is 16.0. The van der Waals surface area contributed by atoms with Crippen LogP contribution in [0.4, 0.5) is 0 Å². The van der Waals surface area contributed by atoms with Gasteiger partial charge in [-0.05, 0) is 49.9 Å². The molecule has 0 saturated carbocycles. The molecule has 2 aliphatic rings. The first-order chi connectivity index (χ1) is 12.7. The first-order valence-electron chi connectivity index (χ1n) is 9.15. The smallest absolute Gasteiger partial charge is 0.142 e. The molecule has 1 nitrogen and oxygen atoms in total. The van der Waals surface area contributed by atoms with Crippen LogP contribution in [0.25, 0.3) is 21.8 Å². The van der Waals surface area contributed by atoms with Crippen LogP contribution in [0.1, 0.15) is 22.6 Å². The van der Waals surface area contributed by atoms with Crippen molar-refractivity contribution in [2.24, 2.45) is 5.92 Å². The molecule has 2 bridgehead atoms. The summed E-state index contributed by atoms with van der Waals surface area (Å²) in [6, 6.07) is 21.5. The fraction of sp³-hybridized carbons (Fsp3) is 0.167. The highest BCUT2D eigenvalue weighted by Gasteiger charge is 2.38. The van der Waals surface area contributed by atoms with Crippen LogP contribution >= 0.6 is 7.92 Å². The molecule has 0 amide bonds. The lowest BCUT2D eigenvalue weighted by atomic mass is 10.00. The molecule has 0 saturated heterocycles. The maximum absolute atomic E-state index is 6.34. The van der Waals surface area contributed by atoms with E-state index in [4.69, 9.17) is 4.42 Å². The quantitative estimate of drug-likeness (QED) is 0.457. The average molecular weight is 356 g/mol. The minimum absolute atomic E-state index is 0.325. The van der Waals surface area contributed by atoms with E-state index in [1.165, 1.54) is 39.0 Å². The van der Waals surface area contributed by atoms with Gasteiger partial charge in [0.1, 0.15) is 11.5 Å². The van der Waals surface area contributed by atoms with Crippen LogP contribution in [-0.4, -0.2) is 6.16 Å². The zero-order valence-electron chi connectivity index (χ0n) is 15.1. The van der Waals surface area contributed by atoms with Crippen molar-refractivity contribution >= 4 is 18.5 Å². The summed E-state index contributed by atoms with van der Waals surface area (Å²) in [7, 11) is -0.325. The Morgan fingerprint density at radius 3 is 2.08 bits per heavy atom. The molecule has 0 fully saturated rings. The molecular formula is C24H21OP. The monoisotopic (exact) mass is 356 g/mol. The van der Waals surface area contributed by atoms with E-state index in [-0.39, 0.29) is 7.92 Å². The van der Waals surface area contributed by atoms with Crippen LogP contribution in [0.15, 0.2) is 77.2 Å². The summed E-state index contributed by atoms with van der Waals surface area (Å²) in [5.74, 6) is 2.69. The predicted molar refractivity (Wildman–Crippen MR) is 111 cm³/mol. The van der Waals surface area contributed by atoms with Gasteiger partial charge >= 0.3 is 0 Å². The van der Waals surface area contributed by atoms with E-state index in [2.05, 4.69) is 86.7 Å². The highest BCUT2D eigenvalue weighted by Crippen LogP contribution is 2.70. The van der Waals surface area contributed by atoms with Crippen molar-refractivity contribution in [3.05, 3.63) is 95.5 Å². The number of fused-ring (bicyclic) bond motifs is 2. The standard InChI is InChI=1S/C24H21OP/c1-16-17(2)25-24(23(16)20-11-7-4-8-12-20)22-14-18-13-21(26(22)15-18)19-9-5-3-6-10-19/h3-14,18H,15H2,1-2H3. The topological polar surface area (TPSA) is 13.1 Å². The molecule has 2 aromatic carbocycles. The van der Waals surface area contributed by atoms with E-state index in [1.807, 2.05) is 0 Å². The summed E-state index contributed by atoms with van der Waals surface area (Å²) < 4.78 is 6.34. The van der Waals surface area contributed by atoms with E-state index in [0.29, 0.717) is 5.92 Å². The van der Waals surface area contributed by atoms with E-state index < -0.39 is 0 Å². The molecule has 0 aliphatic carbocycles. The molecule has 0 radical (unpaired) electrons. The number of hydrogen-bond donors (Lipinski definition) is 0. The number of aryl methyl sites for hydroxylation is 1. The van der Waals surface area contributed by atoms with Crippen molar-refractivity contribution in [2.75, 3.05) is 6.16 Å². The zero-order chi connectivity index (χ0) is 17.7. The van der Waals surface area contributed by atoms with Gasteiger partial charge in [0.05, 0.1) is 0 Å². The van der Waals surface area contributed by atoms with Gasteiger partial charge in [-0.1, -0.05) is 72.8 Å². The Balaban J connectivity index is 1.61. The van der Waals surface area contributed by atoms with Crippen molar-refractivity contribution in [3.8, 4) is 11.1 Å². The Morgan fingerprint density at radius 2 is 1.42 bits per heavy atom. The van der Waals surface area contributed by atoms with Crippen LogP contribution in [0.2, 0.25) is 0 Å². The van der Waals surface area contributed by atoms with Gasteiger partial charge in [0.25, 0.3) is 0 Å². The van der Waals surface area contributed by atoms with Gasteiger partial charge in [-0.2, -0.15) is 0 Å². The van der Waals surface area contributed by atoms with Crippen molar-refractivity contribution in [3.63, 3.8) is 0 Å². The van der Waals surface area contributed by atoms with Gasteiger partial charge in [0, 0.05) is 16.8 Å². The largest absolute Gasteiger partial charge is 0.460 e. The molecule has 2 heteroatoms. The molecule has 1 aromatic heterocycles. The summed E-state index contributed by atoms with van der Waals surface area (Å²) in [5, 5.41) is 2.95. The van der Waals surface area contributed by atoms with E-state index in [9.17, 15) is 0 Å². The molecule has 3 heterocycles. The predicted octanol–water partition coefficient (Wildman–Crippen LogP) is 7.07. The maximum atomic E-state index is 6.34. The van der Waals surface area contributed by atoms with Crippen LogP contribution in [-0.2, 0) is 0 Å². The van der Waals surface area contributed by atoms with Crippen molar-refractivity contribution in [1.82, 2.24) is 0 Å². The second kappa shape index (κ2) is 6.11. The van der Waals surface area contributed by atoms with Crippen molar-refractivity contribution < 1.29 is 4.42 Å². The minimum atomic E-state index is -0.325. The molecule has 26 heavy (non-hydrogen) atoms. The molecule has 5 rings (SSSR count). The molecule has 0 N–H and O–H groups in total.